The third-order valence-corrected chi connectivity index (χ3v) is 5.13. The van der Waals surface area contributed by atoms with E-state index in [1.165, 1.54) is 26.0 Å². The van der Waals surface area contributed by atoms with Crippen molar-refractivity contribution in [2.24, 2.45) is 0 Å². The number of carbonyl (C=O) groups excluding carboxylic acids is 1. The first kappa shape index (κ1) is 19.8. The van der Waals surface area contributed by atoms with Gasteiger partial charge in [-0.1, -0.05) is 0 Å². The van der Waals surface area contributed by atoms with E-state index in [0.717, 1.165) is 24.3 Å². The van der Waals surface area contributed by atoms with Gasteiger partial charge in [0.15, 0.2) is 0 Å². The Morgan fingerprint density at radius 2 is 1.12 bits per heavy atom. The molecule has 2 amide bonds. The number of benzene rings is 2. The van der Waals surface area contributed by atoms with Crippen molar-refractivity contribution in [1.82, 2.24) is 0 Å². The second kappa shape index (κ2) is 7.03. The van der Waals surface area contributed by atoms with Crippen LogP contribution in [-0.4, -0.2) is 32.0 Å². The van der Waals surface area contributed by atoms with Crippen LogP contribution in [0.3, 0.4) is 0 Å². The van der Waals surface area contributed by atoms with Crippen LogP contribution in [0.4, 0.5) is 16.2 Å². The molecule has 0 saturated heterocycles. The van der Waals surface area contributed by atoms with E-state index in [9.17, 15) is 30.7 Å². The zero-order valence-electron chi connectivity index (χ0n) is 13.6. The number of aryl methyl sites for hydroxylation is 2. The molecule has 2 aromatic rings. The Bertz CT molecular complexity index is 992. The van der Waals surface area contributed by atoms with Gasteiger partial charge in [-0.2, -0.15) is 0 Å². The molecular formula is C15H14N2O7S2-2. The summed E-state index contributed by atoms with van der Waals surface area (Å²) in [6, 6.07) is 6.30. The Balaban J connectivity index is 2.17. The zero-order valence-corrected chi connectivity index (χ0v) is 15.3. The molecule has 9 nitrogen and oxygen atoms in total. The Labute approximate surface area is 150 Å². The van der Waals surface area contributed by atoms with Crippen LogP contribution >= 0.6 is 0 Å². The molecule has 140 valence electrons. The first-order chi connectivity index (χ1) is 11.9. The molecule has 2 N–H and O–H groups in total. The molecule has 0 aromatic heterocycles. The summed E-state index contributed by atoms with van der Waals surface area (Å²) in [5.74, 6) is 0. The predicted octanol–water partition coefficient (Wildman–Crippen LogP) is 1.76. The fourth-order valence-corrected chi connectivity index (χ4v) is 3.25. The fourth-order valence-electron chi connectivity index (χ4n) is 2.14. The number of urea groups is 1. The van der Waals surface area contributed by atoms with E-state index >= 15 is 0 Å². The van der Waals surface area contributed by atoms with Gasteiger partial charge in [-0.05, 0) is 61.4 Å². The highest BCUT2D eigenvalue weighted by Crippen LogP contribution is 2.22. The van der Waals surface area contributed by atoms with Crippen LogP contribution < -0.4 is 10.6 Å². The third kappa shape index (κ3) is 4.79. The van der Waals surface area contributed by atoms with Crippen molar-refractivity contribution in [1.29, 1.82) is 0 Å². The van der Waals surface area contributed by atoms with E-state index in [-0.39, 0.29) is 11.4 Å². The van der Waals surface area contributed by atoms with Gasteiger partial charge in [-0.15, -0.1) is 0 Å². The highest BCUT2D eigenvalue weighted by molar-refractivity contribution is 7.86. The van der Waals surface area contributed by atoms with Gasteiger partial charge in [0.1, 0.15) is 20.2 Å². The monoisotopic (exact) mass is 398 g/mol. The topological polar surface area (TPSA) is 156 Å². The van der Waals surface area contributed by atoms with Gasteiger partial charge in [-0.3, -0.25) is 0 Å². The molecule has 26 heavy (non-hydrogen) atoms. The SMILES string of the molecule is Cc1cc(S(=O)(=O)[O-])ccc1NC(=O)Nc1ccc(S(=O)(=O)[O-])cc1C. The standard InChI is InChI=1S/C15H16N2O7S2/c1-9-7-11(25(19,20)21)3-5-13(9)16-15(18)17-14-6-4-12(8-10(14)2)26(22,23)24/h3-8H,1-2H3,(H2,16,17,18)(H,19,20,21)(H,22,23,24)/p-2. The summed E-state index contributed by atoms with van der Waals surface area (Å²) in [4.78, 5) is 11.2. The van der Waals surface area contributed by atoms with Crippen molar-refractivity contribution in [3.63, 3.8) is 0 Å². The van der Waals surface area contributed by atoms with E-state index in [1.807, 2.05) is 0 Å². The van der Waals surface area contributed by atoms with Gasteiger partial charge in [0.25, 0.3) is 0 Å². The summed E-state index contributed by atoms with van der Waals surface area (Å²) in [5, 5.41) is 4.97. The van der Waals surface area contributed by atoms with E-state index < -0.39 is 36.1 Å². The fraction of sp³-hybridized carbons (Fsp3) is 0.133. The molecule has 0 saturated carbocycles. The molecule has 0 heterocycles. The van der Waals surface area contributed by atoms with E-state index in [1.54, 1.807) is 0 Å². The molecule has 0 aliphatic carbocycles. The molecule has 0 bridgehead atoms. The first-order valence-electron chi connectivity index (χ1n) is 7.09. The van der Waals surface area contributed by atoms with Crippen molar-refractivity contribution in [3.8, 4) is 0 Å². The second-order valence-corrected chi connectivity index (χ2v) is 8.20. The molecule has 0 fully saturated rings. The normalized spacial score (nSPS) is 11.8. The maximum atomic E-state index is 12.1. The van der Waals surface area contributed by atoms with Crippen molar-refractivity contribution >= 4 is 37.6 Å². The van der Waals surface area contributed by atoms with Gasteiger partial charge >= 0.3 is 6.03 Å². The highest BCUT2D eigenvalue weighted by atomic mass is 32.2. The number of amides is 2. The van der Waals surface area contributed by atoms with Crippen molar-refractivity contribution < 1.29 is 30.7 Å². The summed E-state index contributed by atoms with van der Waals surface area (Å²) in [6.45, 7) is 3.03. The van der Waals surface area contributed by atoms with Gasteiger partial charge in [0.05, 0.1) is 9.79 Å². The molecule has 0 aliphatic heterocycles. The van der Waals surface area contributed by atoms with E-state index in [2.05, 4.69) is 10.6 Å². The van der Waals surface area contributed by atoms with Crippen LogP contribution in [0, 0.1) is 13.8 Å². The molecular weight excluding hydrogens is 384 g/mol. The van der Waals surface area contributed by atoms with Crippen LogP contribution in [0.15, 0.2) is 46.2 Å². The average molecular weight is 398 g/mol. The average Bonchev–Trinajstić information content (AvgIpc) is 2.49. The van der Waals surface area contributed by atoms with Crippen LogP contribution in [0.5, 0.6) is 0 Å². The Kier molecular flexibility index (Phi) is 5.37. The molecule has 0 atom stereocenters. The highest BCUT2D eigenvalue weighted by Gasteiger charge is 2.10. The number of rotatable bonds is 4. The number of hydrogen-bond donors (Lipinski definition) is 2. The first-order valence-corrected chi connectivity index (χ1v) is 9.90. The molecule has 11 heteroatoms. The molecule has 0 aliphatic rings. The van der Waals surface area contributed by atoms with Crippen LogP contribution in [0.1, 0.15) is 11.1 Å². The van der Waals surface area contributed by atoms with Gasteiger partial charge in [0, 0.05) is 11.4 Å². The lowest BCUT2D eigenvalue weighted by Gasteiger charge is -2.14. The minimum Gasteiger partial charge on any atom is -0.744 e. The zero-order chi connectivity index (χ0) is 19.7. The summed E-state index contributed by atoms with van der Waals surface area (Å²) in [6.07, 6.45) is 0. The molecule has 0 spiro atoms. The number of nitrogens with one attached hydrogen (secondary N) is 2. The summed E-state index contributed by atoms with van der Waals surface area (Å²) < 4.78 is 65.9. The largest absolute Gasteiger partial charge is 0.744 e. The Morgan fingerprint density at radius 3 is 1.38 bits per heavy atom. The molecule has 0 radical (unpaired) electrons. The van der Waals surface area contributed by atoms with E-state index in [4.69, 9.17) is 0 Å². The molecule has 2 aromatic carbocycles. The van der Waals surface area contributed by atoms with Crippen molar-refractivity contribution in [2.75, 3.05) is 10.6 Å². The number of hydrogen-bond acceptors (Lipinski definition) is 7. The van der Waals surface area contributed by atoms with Crippen LogP contribution in [0.25, 0.3) is 0 Å². The number of anilines is 2. The molecule has 0 unspecified atom stereocenters. The lowest BCUT2D eigenvalue weighted by atomic mass is 10.2. The second-order valence-electron chi connectivity index (χ2n) is 5.44. The minimum absolute atomic E-state index is 0.284. The summed E-state index contributed by atoms with van der Waals surface area (Å²) >= 11 is 0. The molecule has 2 rings (SSSR count). The van der Waals surface area contributed by atoms with Gasteiger partial charge < -0.3 is 19.7 Å². The lowest BCUT2D eigenvalue weighted by molar-refractivity contribution is 0.262. The van der Waals surface area contributed by atoms with E-state index in [0.29, 0.717) is 11.1 Å². The van der Waals surface area contributed by atoms with Gasteiger partial charge in [-0.25, -0.2) is 21.6 Å². The Hall–Kier alpha value is -2.47. The Morgan fingerprint density at radius 1 is 0.769 bits per heavy atom. The quantitative estimate of drug-likeness (QED) is 0.743. The predicted molar refractivity (Wildman–Crippen MR) is 90.9 cm³/mol. The number of carbonyl (C=O) groups is 1. The van der Waals surface area contributed by atoms with Crippen LogP contribution in [-0.2, 0) is 20.2 Å². The minimum atomic E-state index is -4.59. The van der Waals surface area contributed by atoms with Gasteiger partial charge in [0.2, 0.25) is 0 Å². The lowest BCUT2D eigenvalue weighted by Crippen LogP contribution is -2.20. The third-order valence-electron chi connectivity index (χ3n) is 3.47. The van der Waals surface area contributed by atoms with Crippen LogP contribution in [0.2, 0.25) is 0 Å². The van der Waals surface area contributed by atoms with Crippen molar-refractivity contribution in [2.45, 2.75) is 23.6 Å². The maximum Gasteiger partial charge on any atom is 0.323 e. The summed E-state index contributed by atoms with van der Waals surface area (Å²) in [5.41, 5.74) is 1.29. The summed E-state index contributed by atoms with van der Waals surface area (Å²) in [7, 11) is -9.19. The van der Waals surface area contributed by atoms with Crippen molar-refractivity contribution in [3.05, 3.63) is 47.5 Å². The maximum absolute atomic E-state index is 12.1. The smallest absolute Gasteiger partial charge is 0.323 e.